The van der Waals surface area contributed by atoms with Crippen LogP contribution >= 0.6 is 0 Å². The molecule has 1 aliphatic rings. The molecule has 1 fully saturated rings. The van der Waals surface area contributed by atoms with Crippen LogP contribution in [0.4, 0.5) is 5.82 Å². The Balaban J connectivity index is 1.67. The molecule has 0 atom stereocenters. The Bertz CT molecular complexity index is 651. The van der Waals surface area contributed by atoms with E-state index in [4.69, 9.17) is 9.47 Å². The zero-order valence-corrected chi connectivity index (χ0v) is 14.3. The van der Waals surface area contributed by atoms with Crippen molar-refractivity contribution in [1.29, 1.82) is 0 Å². The van der Waals surface area contributed by atoms with E-state index in [-0.39, 0.29) is 0 Å². The largest absolute Gasteiger partial charge is 0.493 e. The van der Waals surface area contributed by atoms with Crippen LogP contribution < -0.4 is 14.4 Å². The lowest BCUT2D eigenvalue weighted by molar-refractivity contribution is 0.272. The second-order valence-corrected chi connectivity index (χ2v) is 5.80. The van der Waals surface area contributed by atoms with Gasteiger partial charge in [-0.15, -0.1) is 0 Å². The first-order valence-corrected chi connectivity index (χ1v) is 8.26. The van der Waals surface area contributed by atoms with Crippen molar-refractivity contribution < 1.29 is 9.47 Å². The lowest BCUT2D eigenvalue weighted by Gasteiger charge is -2.23. The fourth-order valence-corrected chi connectivity index (χ4v) is 3.07. The molecule has 0 aliphatic carbocycles. The SMILES string of the molecule is COc1ccnc(CN2CCCN(c3ccccn3)CC2)c1OC. The van der Waals surface area contributed by atoms with Crippen LogP contribution in [0.5, 0.6) is 11.5 Å². The molecule has 6 nitrogen and oxygen atoms in total. The highest BCUT2D eigenvalue weighted by molar-refractivity contribution is 5.42. The van der Waals surface area contributed by atoms with Crippen molar-refractivity contribution in [1.82, 2.24) is 14.9 Å². The number of aromatic nitrogens is 2. The summed E-state index contributed by atoms with van der Waals surface area (Å²) >= 11 is 0. The van der Waals surface area contributed by atoms with Crippen molar-refractivity contribution in [3.05, 3.63) is 42.4 Å². The van der Waals surface area contributed by atoms with E-state index in [1.54, 1.807) is 20.4 Å². The third kappa shape index (κ3) is 3.76. The van der Waals surface area contributed by atoms with Crippen LogP contribution in [0.3, 0.4) is 0 Å². The number of ether oxygens (including phenoxy) is 2. The Morgan fingerprint density at radius 1 is 0.958 bits per heavy atom. The number of nitrogens with zero attached hydrogens (tertiary/aromatic N) is 4. The molecule has 2 aromatic rings. The van der Waals surface area contributed by atoms with Crippen LogP contribution in [0.15, 0.2) is 36.7 Å². The number of hydrogen-bond acceptors (Lipinski definition) is 6. The van der Waals surface area contributed by atoms with E-state index in [1.807, 2.05) is 24.4 Å². The molecule has 2 aromatic heterocycles. The fourth-order valence-electron chi connectivity index (χ4n) is 3.07. The van der Waals surface area contributed by atoms with Gasteiger partial charge in [-0.2, -0.15) is 0 Å². The van der Waals surface area contributed by atoms with Crippen LogP contribution in [-0.2, 0) is 6.54 Å². The summed E-state index contributed by atoms with van der Waals surface area (Å²) in [6, 6.07) is 7.89. The summed E-state index contributed by atoms with van der Waals surface area (Å²) in [7, 11) is 3.31. The van der Waals surface area contributed by atoms with Crippen LogP contribution in [0.1, 0.15) is 12.1 Å². The molecule has 3 heterocycles. The summed E-state index contributed by atoms with van der Waals surface area (Å²) in [5, 5.41) is 0. The van der Waals surface area contributed by atoms with Gasteiger partial charge in [-0.3, -0.25) is 9.88 Å². The van der Waals surface area contributed by atoms with E-state index in [0.29, 0.717) is 0 Å². The first-order valence-electron chi connectivity index (χ1n) is 8.26. The minimum absolute atomic E-state index is 0.728. The quantitative estimate of drug-likeness (QED) is 0.839. The molecule has 0 bridgehead atoms. The van der Waals surface area contributed by atoms with Gasteiger partial charge in [0.15, 0.2) is 11.5 Å². The summed E-state index contributed by atoms with van der Waals surface area (Å²) in [6.45, 7) is 4.75. The van der Waals surface area contributed by atoms with Gasteiger partial charge in [0.2, 0.25) is 0 Å². The molecule has 0 spiro atoms. The maximum absolute atomic E-state index is 5.50. The molecule has 3 rings (SSSR count). The fraction of sp³-hybridized carbons (Fsp3) is 0.444. The summed E-state index contributed by atoms with van der Waals surface area (Å²) in [5.41, 5.74) is 0.920. The normalized spacial score (nSPS) is 15.8. The van der Waals surface area contributed by atoms with E-state index in [2.05, 4.69) is 25.8 Å². The highest BCUT2D eigenvalue weighted by atomic mass is 16.5. The van der Waals surface area contributed by atoms with E-state index < -0.39 is 0 Å². The lowest BCUT2D eigenvalue weighted by Crippen LogP contribution is -2.31. The van der Waals surface area contributed by atoms with Crippen LogP contribution in [0.2, 0.25) is 0 Å². The molecule has 0 saturated carbocycles. The van der Waals surface area contributed by atoms with Gasteiger partial charge in [0, 0.05) is 51.2 Å². The van der Waals surface area contributed by atoms with Crippen molar-refractivity contribution in [2.75, 3.05) is 45.3 Å². The van der Waals surface area contributed by atoms with Gasteiger partial charge < -0.3 is 14.4 Å². The monoisotopic (exact) mass is 328 g/mol. The lowest BCUT2D eigenvalue weighted by atomic mass is 10.2. The summed E-state index contributed by atoms with van der Waals surface area (Å²) in [4.78, 5) is 13.7. The van der Waals surface area contributed by atoms with E-state index in [9.17, 15) is 0 Å². The molecular weight excluding hydrogens is 304 g/mol. The van der Waals surface area contributed by atoms with Gasteiger partial charge in [-0.1, -0.05) is 6.07 Å². The molecule has 0 amide bonds. The zero-order chi connectivity index (χ0) is 16.8. The molecule has 1 aliphatic heterocycles. The third-order valence-corrected chi connectivity index (χ3v) is 4.30. The molecule has 0 unspecified atom stereocenters. The first-order chi connectivity index (χ1) is 11.8. The minimum atomic E-state index is 0.728. The van der Waals surface area contributed by atoms with Gasteiger partial charge >= 0.3 is 0 Å². The molecule has 6 heteroatoms. The van der Waals surface area contributed by atoms with E-state index >= 15 is 0 Å². The summed E-state index contributed by atoms with van der Waals surface area (Å²) < 4.78 is 10.9. The molecular formula is C18H24N4O2. The van der Waals surface area contributed by atoms with E-state index in [1.165, 1.54) is 0 Å². The standard InChI is InChI=1S/C18H24N4O2/c1-23-16-7-9-19-15(18(16)24-2)14-21-10-5-11-22(13-12-21)17-6-3-4-8-20-17/h3-4,6-9H,5,10-14H2,1-2H3. The average molecular weight is 328 g/mol. The molecule has 128 valence electrons. The number of anilines is 1. The van der Waals surface area contributed by atoms with Gasteiger partial charge in [0.25, 0.3) is 0 Å². The Labute approximate surface area is 143 Å². The summed E-state index contributed by atoms with van der Waals surface area (Å²) in [6.07, 6.45) is 4.72. The molecule has 24 heavy (non-hydrogen) atoms. The van der Waals surface area contributed by atoms with Crippen LogP contribution in [-0.4, -0.2) is 55.3 Å². The van der Waals surface area contributed by atoms with Crippen LogP contribution in [0, 0.1) is 0 Å². The Morgan fingerprint density at radius 3 is 2.62 bits per heavy atom. The van der Waals surface area contributed by atoms with Crippen LogP contribution in [0.25, 0.3) is 0 Å². The Hall–Kier alpha value is -2.34. The number of hydrogen-bond donors (Lipinski definition) is 0. The van der Waals surface area contributed by atoms with Crippen molar-refractivity contribution in [2.24, 2.45) is 0 Å². The molecule has 0 N–H and O–H groups in total. The minimum Gasteiger partial charge on any atom is -0.493 e. The molecule has 0 aromatic carbocycles. The second-order valence-electron chi connectivity index (χ2n) is 5.80. The summed E-state index contributed by atoms with van der Waals surface area (Å²) in [5.74, 6) is 2.51. The topological polar surface area (TPSA) is 50.7 Å². The Morgan fingerprint density at radius 2 is 1.88 bits per heavy atom. The van der Waals surface area contributed by atoms with E-state index in [0.717, 1.165) is 62.2 Å². The van der Waals surface area contributed by atoms with Crippen molar-refractivity contribution in [2.45, 2.75) is 13.0 Å². The highest BCUT2D eigenvalue weighted by Crippen LogP contribution is 2.30. The highest BCUT2D eigenvalue weighted by Gasteiger charge is 2.19. The van der Waals surface area contributed by atoms with Crippen molar-refractivity contribution in [3.8, 4) is 11.5 Å². The third-order valence-electron chi connectivity index (χ3n) is 4.30. The maximum atomic E-state index is 5.50. The first kappa shape index (κ1) is 16.5. The van der Waals surface area contributed by atoms with Gasteiger partial charge in [0.1, 0.15) is 11.5 Å². The number of pyridine rings is 2. The van der Waals surface area contributed by atoms with Gasteiger partial charge in [-0.05, 0) is 18.6 Å². The molecule has 1 saturated heterocycles. The predicted octanol–water partition coefficient (Wildman–Crippen LogP) is 2.21. The van der Waals surface area contributed by atoms with Gasteiger partial charge in [0.05, 0.1) is 14.2 Å². The average Bonchev–Trinajstić information content (AvgIpc) is 2.88. The maximum Gasteiger partial charge on any atom is 0.183 e. The van der Waals surface area contributed by atoms with Crippen molar-refractivity contribution >= 4 is 5.82 Å². The zero-order valence-electron chi connectivity index (χ0n) is 14.3. The van der Waals surface area contributed by atoms with Crippen molar-refractivity contribution in [3.63, 3.8) is 0 Å². The molecule has 0 radical (unpaired) electrons. The predicted molar refractivity (Wildman–Crippen MR) is 93.7 cm³/mol. The smallest absolute Gasteiger partial charge is 0.183 e. The van der Waals surface area contributed by atoms with Gasteiger partial charge in [-0.25, -0.2) is 4.98 Å². The number of methoxy groups -OCH3 is 2. The second kappa shape index (κ2) is 7.97. The Kier molecular flexibility index (Phi) is 5.48. The number of rotatable bonds is 5.